The first-order valence-corrected chi connectivity index (χ1v) is 8.92. The van der Waals surface area contributed by atoms with Gasteiger partial charge in [-0.3, -0.25) is 4.79 Å². The summed E-state index contributed by atoms with van der Waals surface area (Å²) in [4.78, 5) is 25.3. The van der Waals surface area contributed by atoms with Crippen LogP contribution in [0.3, 0.4) is 0 Å². The van der Waals surface area contributed by atoms with E-state index in [-0.39, 0.29) is 5.91 Å². The van der Waals surface area contributed by atoms with Crippen LogP contribution < -0.4 is 10.2 Å². The van der Waals surface area contributed by atoms with Gasteiger partial charge in [0, 0.05) is 64.5 Å². The molecule has 1 amide bonds. The molecule has 0 aliphatic carbocycles. The fraction of sp³-hybridized carbons (Fsp3) is 0.421. The molecular weight excluding hydrogens is 330 g/mol. The maximum Gasteiger partial charge on any atom is 0.257 e. The van der Waals surface area contributed by atoms with E-state index in [9.17, 15) is 4.79 Å². The SMILES string of the molecule is COCCCNc1ncc(C(=O)N2CCN(c3ccccc3)CC2)cn1. The third kappa shape index (κ3) is 4.70. The zero-order chi connectivity index (χ0) is 18.2. The van der Waals surface area contributed by atoms with Gasteiger partial charge in [-0.1, -0.05) is 18.2 Å². The summed E-state index contributed by atoms with van der Waals surface area (Å²) in [5, 5.41) is 3.12. The number of methoxy groups -OCH3 is 1. The summed E-state index contributed by atoms with van der Waals surface area (Å²) >= 11 is 0. The monoisotopic (exact) mass is 355 g/mol. The van der Waals surface area contributed by atoms with Crippen LogP contribution in [0, 0.1) is 0 Å². The molecule has 26 heavy (non-hydrogen) atoms. The number of benzene rings is 1. The summed E-state index contributed by atoms with van der Waals surface area (Å²) in [6.45, 7) is 4.49. The van der Waals surface area contributed by atoms with Gasteiger partial charge in [-0.15, -0.1) is 0 Å². The molecular formula is C19H25N5O2. The van der Waals surface area contributed by atoms with Crippen molar-refractivity contribution in [2.45, 2.75) is 6.42 Å². The number of ether oxygens (including phenoxy) is 1. The molecule has 1 aromatic carbocycles. The average Bonchev–Trinajstić information content (AvgIpc) is 2.72. The first kappa shape index (κ1) is 18.1. The first-order valence-electron chi connectivity index (χ1n) is 8.92. The maximum atomic E-state index is 12.6. The summed E-state index contributed by atoms with van der Waals surface area (Å²) < 4.78 is 5.00. The van der Waals surface area contributed by atoms with Crippen molar-refractivity contribution in [2.24, 2.45) is 0 Å². The van der Waals surface area contributed by atoms with Gasteiger partial charge >= 0.3 is 0 Å². The Morgan fingerprint density at radius 2 is 1.81 bits per heavy atom. The molecule has 0 saturated carbocycles. The Hall–Kier alpha value is -2.67. The second kappa shape index (κ2) is 9.15. The normalized spacial score (nSPS) is 14.3. The van der Waals surface area contributed by atoms with Gasteiger partial charge < -0.3 is 19.9 Å². The molecule has 0 unspecified atom stereocenters. The summed E-state index contributed by atoms with van der Waals surface area (Å²) in [5.74, 6) is 0.523. The molecule has 3 rings (SSSR count). The van der Waals surface area contributed by atoms with Gasteiger partial charge in [-0.25, -0.2) is 9.97 Å². The maximum absolute atomic E-state index is 12.6. The highest BCUT2D eigenvalue weighted by Gasteiger charge is 2.22. The van der Waals surface area contributed by atoms with Crippen molar-refractivity contribution in [1.29, 1.82) is 0 Å². The smallest absolute Gasteiger partial charge is 0.257 e. The third-order valence-corrected chi connectivity index (χ3v) is 4.40. The Balaban J connectivity index is 1.50. The number of para-hydroxylation sites is 1. The third-order valence-electron chi connectivity index (χ3n) is 4.40. The molecule has 1 saturated heterocycles. The summed E-state index contributed by atoms with van der Waals surface area (Å²) in [6, 6.07) is 10.3. The Labute approximate surface area is 154 Å². The number of hydrogen-bond acceptors (Lipinski definition) is 6. The van der Waals surface area contributed by atoms with E-state index in [1.165, 1.54) is 5.69 Å². The number of nitrogens with one attached hydrogen (secondary N) is 1. The van der Waals surface area contributed by atoms with Crippen molar-refractivity contribution in [1.82, 2.24) is 14.9 Å². The molecule has 7 nitrogen and oxygen atoms in total. The number of aromatic nitrogens is 2. The van der Waals surface area contributed by atoms with E-state index >= 15 is 0 Å². The molecule has 0 radical (unpaired) electrons. The van der Waals surface area contributed by atoms with Crippen molar-refractivity contribution >= 4 is 17.5 Å². The van der Waals surface area contributed by atoms with Crippen LogP contribution in [0.15, 0.2) is 42.7 Å². The minimum Gasteiger partial charge on any atom is -0.385 e. The fourth-order valence-corrected chi connectivity index (χ4v) is 2.94. The van der Waals surface area contributed by atoms with Crippen molar-refractivity contribution in [3.8, 4) is 0 Å². The number of nitrogens with zero attached hydrogens (tertiary/aromatic N) is 4. The van der Waals surface area contributed by atoms with Gasteiger partial charge in [0.15, 0.2) is 0 Å². The van der Waals surface area contributed by atoms with Crippen LogP contribution in [0.2, 0.25) is 0 Å². The van der Waals surface area contributed by atoms with Crippen molar-refractivity contribution in [3.05, 3.63) is 48.3 Å². The lowest BCUT2D eigenvalue weighted by molar-refractivity contribution is 0.0746. The topological polar surface area (TPSA) is 70.6 Å². The van der Waals surface area contributed by atoms with Gasteiger partial charge in [0.05, 0.1) is 5.56 Å². The van der Waals surface area contributed by atoms with Crippen LogP contribution in [0.1, 0.15) is 16.8 Å². The quantitative estimate of drug-likeness (QED) is 0.765. The molecule has 1 fully saturated rings. The number of rotatable bonds is 7. The molecule has 0 atom stereocenters. The van der Waals surface area contributed by atoms with Crippen LogP contribution in [0.4, 0.5) is 11.6 Å². The second-order valence-electron chi connectivity index (χ2n) is 6.18. The molecule has 0 bridgehead atoms. The van der Waals surface area contributed by atoms with Crippen LogP contribution in [0.25, 0.3) is 0 Å². The van der Waals surface area contributed by atoms with Crippen LogP contribution in [-0.4, -0.2) is 67.2 Å². The highest BCUT2D eigenvalue weighted by Crippen LogP contribution is 2.16. The standard InChI is InChI=1S/C19H25N5O2/c1-26-13-5-8-20-19-21-14-16(15-22-19)18(25)24-11-9-23(10-12-24)17-6-3-2-4-7-17/h2-4,6-7,14-15H,5,8-13H2,1H3,(H,20,21,22). The molecule has 1 aliphatic heterocycles. The highest BCUT2D eigenvalue weighted by molar-refractivity contribution is 5.93. The second-order valence-corrected chi connectivity index (χ2v) is 6.18. The van der Waals surface area contributed by atoms with Crippen molar-refractivity contribution in [2.75, 3.05) is 56.7 Å². The molecule has 1 N–H and O–H groups in total. The van der Waals surface area contributed by atoms with E-state index in [2.05, 4.69) is 32.3 Å². The molecule has 0 spiro atoms. The number of anilines is 2. The van der Waals surface area contributed by atoms with E-state index in [0.29, 0.717) is 31.2 Å². The predicted octanol–water partition coefficient (Wildman–Crippen LogP) is 1.89. The largest absolute Gasteiger partial charge is 0.385 e. The summed E-state index contributed by atoms with van der Waals surface area (Å²) in [5.41, 5.74) is 1.73. The van der Waals surface area contributed by atoms with Gasteiger partial charge in [0.25, 0.3) is 5.91 Å². The number of carbonyl (C=O) groups is 1. The highest BCUT2D eigenvalue weighted by atomic mass is 16.5. The zero-order valence-electron chi connectivity index (χ0n) is 15.1. The Bertz CT molecular complexity index is 685. The van der Waals surface area contributed by atoms with Crippen LogP contribution in [-0.2, 0) is 4.74 Å². The molecule has 2 heterocycles. The van der Waals surface area contributed by atoms with Gasteiger partial charge in [-0.2, -0.15) is 0 Å². The van der Waals surface area contributed by atoms with Crippen molar-refractivity contribution in [3.63, 3.8) is 0 Å². The number of amides is 1. The molecule has 138 valence electrons. The molecule has 1 aliphatic rings. The Morgan fingerprint density at radius 1 is 1.12 bits per heavy atom. The number of carbonyl (C=O) groups excluding carboxylic acids is 1. The van der Waals surface area contributed by atoms with E-state index in [0.717, 1.165) is 26.1 Å². The van der Waals surface area contributed by atoms with Gasteiger partial charge in [-0.05, 0) is 18.6 Å². The predicted molar refractivity (Wildman–Crippen MR) is 102 cm³/mol. The Morgan fingerprint density at radius 3 is 2.46 bits per heavy atom. The van der Waals surface area contributed by atoms with E-state index in [4.69, 9.17) is 4.74 Å². The first-order chi connectivity index (χ1) is 12.8. The minimum absolute atomic E-state index is 0.0105. The molecule has 1 aromatic heterocycles. The number of piperazine rings is 1. The van der Waals surface area contributed by atoms with Crippen LogP contribution >= 0.6 is 0 Å². The van der Waals surface area contributed by atoms with Crippen LogP contribution in [0.5, 0.6) is 0 Å². The van der Waals surface area contributed by atoms with E-state index in [1.807, 2.05) is 23.1 Å². The summed E-state index contributed by atoms with van der Waals surface area (Å²) in [7, 11) is 1.68. The lowest BCUT2D eigenvalue weighted by atomic mass is 10.2. The average molecular weight is 355 g/mol. The number of hydrogen-bond donors (Lipinski definition) is 1. The Kier molecular flexibility index (Phi) is 6.38. The lowest BCUT2D eigenvalue weighted by Crippen LogP contribution is -2.48. The van der Waals surface area contributed by atoms with Crippen molar-refractivity contribution < 1.29 is 9.53 Å². The molecule has 7 heteroatoms. The van der Waals surface area contributed by atoms with Gasteiger partial charge in [0.1, 0.15) is 0 Å². The van der Waals surface area contributed by atoms with E-state index in [1.54, 1.807) is 19.5 Å². The van der Waals surface area contributed by atoms with E-state index < -0.39 is 0 Å². The molecule has 2 aromatic rings. The summed E-state index contributed by atoms with van der Waals surface area (Å²) in [6.07, 6.45) is 4.07. The fourth-order valence-electron chi connectivity index (χ4n) is 2.94. The van der Waals surface area contributed by atoms with Gasteiger partial charge in [0.2, 0.25) is 5.95 Å². The lowest BCUT2D eigenvalue weighted by Gasteiger charge is -2.36. The zero-order valence-corrected chi connectivity index (χ0v) is 15.1. The minimum atomic E-state index is -0.0105.